The fourth-order valence-corrected chi connectivity index (χ4v) is 2.97. The Morgan fingerprint density at radius 3 is 2.67 bits per heavy atom. The van der Waals surface area contributed by atoms with Crippen LogP contribution in [0.2, 0.25) is 0 Å². The van der Waals surface area contributed by atoms with Crippen LogP contribution in [0, 0.1) is 12.9 Å². The fraction of sp³-hybridized carbons (Fsp3) is 0.474. The summed E-state index contributed by atoms with van der Waals surface area (Å²) in [6.07, 6.45) is 4.63. The number of benzene rings is 1. The standard InChI is InChI=1S/C19H26FN3O/c1-5-6-7-10-13(2)15-11-8-9-12-16(15)21-19(24)17-14(3)22-23(4)18(17)20/h8-9,11-13H,5-7,10H2,1-4H3,(H,21,24). The van der Waals surface area contributed by atoms with E-state index in [0.717, 1.165) is 28.8 Å². The average Bonchev–Trinajstić information content (AvgIpc) is 2.80. The van der Waals surface area contributed by atoms with Crippen molar-refractivity contribution in [2.45, 2.75) is 52.4 Å². The van der Waals surface area contributed by atoms with Crippen molar-refractivity contribution in [2.24, 2.45) is 7.05 Å². The zero-order valence-electron chi connectivity index (χ0n) is 14.9. The molecule has 2 rings (SSSR count). The van der Waals surface area contributed by atoms with E-state index in [0.29, 0.717) is 11.6 Å². The van der Waals surface area contributed by atoms with Crippen LogP contribution in [0.15, 0.2) is 24.3 Å². The minimum absolute atomic E-state index is 0.00550. The van der Waals surface area contributed by atoms with Crippen molar-refractivity contribution in [1.29, 1.82) is 0 Å². The minimum Gasteiger partial charge on any atom is -0.322 e. The summed E-state index contributed by atoms with van der Waals surface area (Å²) in [5.41, 5.74) is 2.23. The van der Waals surface area contributed by atoms with Crippen molar-refractivity contribution >= 4 is 11.6 Å². The first kappa shape index (κ1) is 18.2. The van der Waals surface area contributed by atoms with Gasteiger partial charge in [0.05, 0.1) is 5.69 Å². The van der Waals surface area contributed by atoms with E-state index in [1.807, 2.05) is 24.3 Å². The number of amides is 1. The highest BCUT2D eigenvalue weighted by molar-refractivity contribution is 6.05. The molecule has 1 atom stereocenters. The van der Waals surface area contributed by atoms with Gasteiger partial charge < -0.3 is 5.32 Å². The molecule has 4 nitrogen and oxygen atoms in total. The van der Waals surface area contributed by atoms with Gasteiger partial charge >= 0.3 is 0 Å². The maximum atomic E-state index is 14.1. The van der Waals surface area contributed by atoms with Crippen LogP contribution >= 0.6 is 0 Å². The second-order valence-corrected chi connectivity index (χ2v) is 6.31. The van der Waals surface area contributed by atoms with Crippen LogP contribution in [0.1, 0.15) is 67.1 Å². The molecule has 1 amide bonds. The number of nitrogens with zero attached hydrogens (tertiary/aromatic N) is 2. The molecule has 0 aliphatic heterocycles. The number of aryl methyl sites for hydroxylation is 2. The van der Waals surface area contributed by atoms with E-state index in [-0.39, 0.29) is 5.56 Å². The SMILES string of the molecule is CCCCCC(C)c1ccccc1NC(=O)c1c(C)nn(C)c1F. The molecule has 1 aromatic heterocycles. The third-order valence-corrected chi connectivity index (χ3v) is 4.36. The number of carbonyl (C=O) groups is 1. The van der Waals surface area contributed by atoms with Gasteiger partial charge in [0.1, 0.15) is 5.56 Å². The highest BCUT2D eigenvalue weighted by Crippen LogP contribution is 2.29. The Labute approximate surface area is 143 Å². The van der Waals surface area contributed by atoms with E-state index in [2.05, 4.69) is 24.3 Å². The van der Waals surface area contributed by atoms with Gasteiger partial charge in [-0.15, -0.1) is 0 Å². The van der Waals surface area contributed by atoms with Crippen LogP contribution in [0.5, 0.6) is 0 Å². The molecule has 0 aliphatic rings. The Morgan fingerprint density at radius 2 is 2.04 bits per heavy atom. The summed E-state index contributed by atoms with van der Waals surface area (Å²) >= 11 is 0. The molecular weight excluding hydrogens is 305 g/mol. The van der Waals surface area contributed by atoms with Gasteiger partial charge in [-0.2, -0.15) is 9.49 Å². The van der Waals surface area contributed by atoms with E-state index >= 15 is 0 Å². The maximum Gasteiger partial charge on any atom is 0.262 e. The Hall–Kier alpha value is -2.17. The highest BCUT2D eigenvalue weighted by atomic mass is 19.1. The molecule has 0 bridgehead atoms. The Morgan fingerprint density at radius 1 is 1.33 bits per heavy atom. The summed E-state index contributed by atoms with van der Waals surface area (Å²) in [5, 5.41) is 6.82. The van der Waals surface area contributed by atoms with Crippen LogP contribution in [-0.2, 0) is 7.05 Å². The zero-order valence-corrected chi connectivity index (χ0v) is 14.9. The zero-order chi connectivity index (χ0) is 17.7. The van der Waals surface area contributed by atoms with Crippen LogP contribution in [0.3, 0.4) is 0 Å². The number of hydrogen-bond acceptors (Lipinski definition) is 2. The van der Waals surface area contributed by atoms with Gasteiger partial charge in [0.2, 0.25) is 5.95 Å². The monoisotopic (exact) mass is 331 g/mol. The minimum atomic E-state index is -0.613. The predicted octanol–water partition coefficient (Wildman–Crippen LogP) is 4.80. The van der Waals surface area contributed by atoms with Crippen LogP contribution in [-0.4, -0.2) is 15.7 Å². The lowest BCUT2D eigenvalue weighted by Crippen LogP contribution is -2.16. The first-order chi connectivity index (χ1) is 11.5. The van der Waals surface area contributed by atoms with Crippen LogP contribution in [0.4, 0.5) is 10.1 Å². The number of halogens is 1. The molecule has 0 aliphatic carbocycles. The third kappa shape index (κ3) is 4.02. The second-order valence-electron chi connectivity index (χ2n) is 6.31. The van der Waals surface area contributed by atoms with E-state index < -0.39 is 11.9 Å². The molecule has 2 aromatic rings. The van der Waals surface area contributed by atoms with Gasteiger partial charge in [-0.1, -0.05) is 51.3 Å². The second kappa shape index (κ2) is 8.08. The van der Waals surface area contributed by atoms with Crippen molar-refractivity contribution in [1.82, 2.24) is 9.78 Å². The first-order valence-corrected chi connectivity index (χ1v) is 8.55. The summed E-state index contributed by atoms with van der Waals surface area (Å²) < 4.78 is 15.2. The summed E-state index contributed by atoms with van der Waals surface area (Å²) in [5.74, 6) is -0.724. The van der Waals surface area contributed by atoms with E-state index in [1.165, 1.54) is 19.9 Å². The molecule has 0 spiro atoms. The van der Waals surface area contributed by atoms with Gasteiger partial charge in [0.15, 0.2) is 0 Å². The molecule has 1 aromatic carbocycles. The van der Waals surface area contributed by atoms with Crippen molar-refractivity contribution in [3.05, 3.63) is 47.0 Å². The maximum absolute atomic E-state index is 14.1. The number of hydrogen-bond donors (Lipinski definition) is 1. The molecular formula is C19H26FN3O. The van der Waals surface area contributed by atoms with E-state index in [4.69, 9.17) is 0 Å². The van der Waals surface area contributed by atoms with Crippen LogP contribution in [0.25, 0.3) is 0 Å². The topological polar surface area (TPSA) is 46.9 Å². The van der Waals surface area contributed by atoms with Crippen molar-refractivity contribution < 1.29 is 9.18 Å². The highest BCUT2D eigenvalue weighted by Gasteiger charge is 2.21. The lowest BCUT2D eigenvalue weighted by atomic mass is 9.93. The number of anilines is 1. The summed E-state index contributed by atoms with van der Waals surface area (Å²) in [6.45, 7) is 5.98. The van der Waals surface area contributed by atoms with Gasteiger partial charge in [-0.3, -0.25) is 4.79 Å². The number of aromatic nitrogens is 2. The predicted molar refractivity (Wildman–Crippen MR) is 94.9 cm³/mol. The molecule has 0 fully saturated rings. The van der Waals surface area contributed by atoms with Gasteiger partial charge in [0, 0.05) is 12.7 Å². The Balaban J connectivity index is 2.19. The third-order valence-electron chi connectivity index (χ3n) is 4.36. The van der Waals surface area contributed by atoms with Gasteiger partial charge in [0.25, 0.3) is 5.91 Å². The van der Waals surface area contributed by atoms with Crippen molar-refractivity contribution in [3.63, 3.8) is 0 Å². The summed E-state index contributed by atoms with van der Waals surface area (Å²) in [6, 6.07) is 7.74. The molecule has 1 unspecified atom stereocenters. The number of nitrogens with one attached hydrogen (secondary N) is 1. The Kier molecular flexibility index (Phi) is 6.12. The number of rotatable bonds is 7. The molecule has 0 saturated carbocycles. The van der Waals surface area contributed by atoms with Gasteiger partial charge in [-0.05, 0) is 30.9 Å². The summed E-state index contributed by atoms with van der Waals surface area (Å²) in [7, 11) is 1.49. The molecule has 5 heteroatoms. The summed E-state index contributed by atoms with van der Waals surface area (Å²) in [4.78, 5) is 12.5. The molecule has 130 valence electrons. The van der Waals surface area contributed by atoms with Gasteiger partial charge in [-0.25, -0.2) is 4.68 Å². The largest absolute Gasteiger partial charge is 0.322 e. The average molecular weight is 331 g/mol. The number of para-hydroxylation sites is 1. The molecule has 24 heavy (non-hydrogen) atoms. The van der Waals surface area contributed by atoms with E-state index in [1.54, 1.807) is 6.92 Å². The van der Waals surface area contributed by atoms with Crippen molar-refractivity contribution in [3.8, 4) is 0 Å². The molecule has 1 N–H and O–H groups in total. The molecule has 0 saturated heterocycles. The lowest BCUT2D eigenvalue weighted by Gasteiger charge is -2.17. The fourth-order valence-electron chi connectivity index (χ4n) is 2.97. The molecule has 1 heterocycles. The Bertz CT molecular complexity index is 709. The van der Waals surface area contributed by atoms with E-state index in [9.17, 15) is 9.18 Å². The number of unbranched alkanes of at least 4 members (excludes halogenated alkanes) is 2. The van der Waals surface area contributed by atoms with Crippen molar-refractivity contribution in [2.75, 3.05) is 5.32 Å². The number of carbonyl (C=O) groups excluding carboxylic acids is 1. The quantitative estimate of drug-likeness (QED) is 0.741. The normalized spacial score (nSPS) is 12.2. The first-order valence-electron chi connectivity index (χ1n) is 8.55. The van der Waals surface area contributed by atoms with Crippen LogP contribution < -0.4 is 5.32 Å². The molecule has 0 radical (unpaired) electrons. The lowest BCUT2D eigenvalue weighted by molar-refractivity contribution is 0.102. The smallest absolute Gasteiger partial charge is 0.262 e.